The quantitative estimate of drug-likeness (QED) is 0.312. The summed E-state index contributed by atoms with van der Waals surface area (Å²) in [4.78, 5) is 23.7. The van der Waals surface area contributed by atoms with Gasteiger partial charge < -0.3 is 19.7 Å². The first-order valence-electron chi connectivity index (χ1n) is 13.7. The Labute approximate surface area is 249 Å². The Morgan fingerprint density at radius 3 is 2.44 bits per heavy atom. The minimum absolute atomic E-state index is 0.0178. The van der Waals surface area contributed by atoms with Crippen LogP contribution in [0.4, 0.5) is 14.5 Å². The number of hydrogen-bond acceptors (Lipinski definition) is 9. The van der Waals surface area contributed by atoms with Crippen LogP contribution in [0.25, 0.3) is 0 Å². The molecule has 1 aliphatic rings. The fourth-order valence-electron chi connectivity index (χ4n) is 4.99. The minimum Gasteiger partial charge on any atom is -0.472 e. The van der Waals surface area contributed by atoms with Crippen LogP contribution in [0.1, 0.15) is 53.2 Å². The summed E-state index contributed by atoms with van der Waals surface area (Å²) in [5, 5.41) is 12.2. The molecule has 1 saturated heterocycles. The van der Waals surface area contributed by atoms with Gasteiger partial charge in [-0.15, -0.1) is 0 Å². The Hall–Kier alpha value is -4.15. The van der Waals surface area contributed by atoms with E-state index in [2.05, 4.69) is 26.1 Å². The molecule has 43 heavy (non-hydrogen) atoms. The lowest BCUT2D eigenvalue weighted by molar-refractivity contribution is -0.131. The van der Waals surface area contributed by atoms with Crippen molar-refractivity contribution in [3.63, 3.8) is 0 Å². The van der Waals surface area contributed by atoms with E-state index in [0.717, 1.165) is 5.69 Å². The molecular weight excluding hydrogens is 580 g/mol. The minimum atomic E-state index is -3.38. The molecule has 3 aromatic rings. The van der Waals surface area contributed by atoms with Gasteiger partial charge in [0, 0.05) is 29.4 Å². The van der Waals surface area contributed by atoms with E-state index in [1.54, 1.807) is 56.3 Å². The van der Waals surface area contributed by atoms with Gasteiger partial charge in [0.1, 0.15) is 11.9 Å². The van der Waals surface area contributed by atoms with Crippen LogP contribution in [0, 0.1) is 25.2 Å². The molecule has 0 saturated carbocycles. The zero-order valence-electron chi connectivity index (χ0n) is 24.0. The number of carbonyl (C=O) groups excluding carboxylic acids is 1. The topological polar surface area (TPSA) is 135 Å². The second-order valence-electron chi connectivity index (χ2n) is 10.2. The summed E-state index contributed by atoms with van der Waals surface area (Å²) >= 11 is 0. The third-order valence-electron chi connectivity index (χ3n) is 7.10. The van der Waals surface area contributed by atoms with Crippen LogP contribution in [0.5, 0.6) is 5.88 Å². The monoisotopic (exact) mass is 613 g/mol. The van der Waals surface area contributed by atoms with Gasteiger partial charge in [-0.1, -0.05) is 19.1 Å². The van der Waals surface area contributed by atoms with Gasteiger partial charge in [0.2, 0.25) is 5.88 Å². The standard InChI is InChI=1S/C30H33F2N5O5S/c1-4-43(39,40)26-11-7-21(8-12-26)27(13-14-33)36-29(38)22-5-9-23(10-6-22)37-17-25(16-24(37)18-41-30(31)32)42-28-15-19(2)34-20(3)35-28/h5-12,15,24-25,27,30H,4,13,16-18H2,1-3H3,(H,36,38)/t24-,25-,27-/m0/s1. The molecule has 0 spiro atoms. The smallest absolute Gasteiger partial charge is 0.345 e. The molecule has 1 N–H and O–H groups in total. The number of anilines is 1. The number of ether oxygens (including phenoxy) is 2. The van der Waals surface area contributed by atoms with Crippen LogP contribution >= 0.6 is 0 Å². The number of alkyl halides is 2. The number of amides is 1. The molecule has 1 fully saturated rings. The average molecular weight is 614 g/mol. The first kappa shape index (κ1) is 31.8. The van der Waals surface area contributed by atoms with Gasteiger partial charge in [-0.25, -0.2) is 13.4 Å². The molecule has 1 amide bonds. The Morgan fingerprint density at radius 2 is 1.84 bits per heavy atom. The number of nitrogens with one attached hydrogen (secondary N) is 1. The molecule has 4 rings (SSSR count). The number of rotatable bonds is 12. The Morgan fingerprint density at radius 1 is 1.14 bits per heavy atom. The number of hydrogen-bond donors (Lipinski definition) is 1. The third-order valence-corrected chi connectivity index (χ3v) is 8.85. The van der Waals surface area contributed by atoms with Crippen molar-refractivity contribution in [2.75, 3.05) is 23.8 Å². The lowest BCUT2D eigenvalue weighted by Crippen LogP contribution is -2.34. The van der Waals surface area contributed by atoms with Crippen LogP contribution in [0.2, 0.25) is 0 Å². The van der Waals surface area contributed by atoms with Crippen molar-refractivity contribution >= 4 is 21.4 Å². The Balaban J connectivity index is 1.47. The number of aromatic nitrogens is 2. The first-order chi connectivity index (χ1) is 20.5. The average Bonchev–Trinajstić information content (AvgIpc) is 3.37. The van der Waals surface area contributed by atoms with Crippen LogP contribution < -0.4 is 15.0 Å². The summed E-state index contributed by atoms with van der Waals surface area (Å²) in [7, 11) is -3.38. The van der Waals surface area contributed by atoms with E-state index in [-0.39, 0.29) is 29.8 Å². The van der Waals surface area contributed by atoms with E-state index in [1.807, 2.05) is 11.8 Å². The molecule has 0 unspecified atom stereocenters. The number of benzene rings is 2. The predicted octanol–water partition coefficient (Wildman–Crippen LogP) is 4.54. The summed E-state index contributed by atoms with van der Waals surface area (Å²) < 4.78 is 60.7. The highest BCUT2D eigenvalue weighted by Gasteiger charge is 2.35. The van der Waals surface area contributed by atoms with Crippen molar-refractivity contribution < 1.29 is 31.5 Å². The predicted molar refractivity (Wildman–Crippen MR) is 155 cm³/mol. The Kier molecular flexibility index (Phi) is 10.3. The number of sulfone groups is 1. The van der Waals surface area contributed by atoms with Gasteiger partial charge >= 0.3 is 6.61 Å². The zero-order valence-corrected chi connectivity index (χ0v) is 24.9. The van der Waals surface area contributed by atoms with Crippen molar-refractivity contribution in [1.82, 2.24) is 15.3 Å². The number of nitriles is 1. The van der Waals surface area contributed by atoms with Gasteiger partial charge in [0.25, 0.3) is 5.91 Å². The summed E-state index contributed by atoms with van der Waals surface area (Å²) in [5.41, 5.74) is 2.38. The normalized spacial score (nSPS) is 17.5. The van der Waals surface area contributed by atoms with Gasteiger partial charge in [0.15, 0.2) is 9.84 Å². The highest BCUT2D eigenvalue weighted by atomic mass is 32.2. The number of carbonyl (C=O) groups is 1. The van der Waals surface area contributed by atoms with E-state index in [4.69, 9.17) is 4.74 Å². The van der Waals surface area contributed by atoms with Crippen molar-refractivity contribution in [3.05, 3.63) is 77.2 Å². The first-order valence-corrected chi connectivity index (χ1v) is 15.4. The fourth-order valence-corrected chi connectivity index (χ4v) is 5.88. The number of halogens is 2. The van der Waals surface area contributed by atoms with Crippen molar-refractivity contribution in [2.45, 2.75) is 63.3 Å². The van der Waals surface area contributed by atoms with Crippen LogP contribution in [0.3, 0.4) is 0 Å². The molecule has 10 nitrogen and oxygen atoms in total. The summed E-state index contributed by atoms with van der Waals surface area (Å²) in [6.07, 6.45) is 0.0646. The van der Waals surface area contributed by atoms with Crippen molar-refractivity contribution in [2.24, 2.45) is 0 Å². The largest absolute Gasteiger partial charge is 0.472 e. The zero-order chi connectivity index (χ0) is 31.1. The van der Waals surface area contributed by atoms with Gasteiger partial charge in [0.05, 0.1) is 48.4 Å². The lowest BCUT2D eigenvalue weighted by Gasteiger charge is -2.26. The van der Waals surface area contributed by atoms with Crippen LogP contribution in [0.15, 0.2) is 59.5 Å². The lowest BCUT2D eigenvalue weighted by atomic mass is 10.0. The molecule has 0 bridgehead atoms. The van der Waals surface area contributed by atoms with E-state index in [1.165, 1.54) is 12.1 Å². The maximum atomic E-state index is 13.1. The van der Waals surface area contributed by atoms with Crippen LogP contribution in [-0.2, 0) is 14.6 Å². The maximum Gasteiger partial charge on any atom is 0.345 e. The molecule has 0 radical (unpaired) electrons. The molecule has 2 aromatic carbocycles. The molecular formula is C30H33F2N5O5S. The van der Waals surface area contributed by atoms with Crippen LogP contribution in [-0.4, -0.2) is 62.0 Å². The number of nitrogens with zero attached hydrogens (tertiary/aromatic N) is 4. The van der Waals surface area contributed by atoms with Gasteiger partial charge in [-0.2, -0.15) is 19.0 Å². The SMILES string of the molecule is CCS(=O)(=O)c1ccc([C@H](CC#N)NC(=O)c2ccc(N3C[C@@H](Oc4cc(C)nc(C)n4)C[C@H]3COC(F)F)cc2)cc1. The second kappa shape index (κ2) is 13.9. The third kappa shape index (κ3) is 8.24. The maximum absolute atomic E-state index is 13.1. The van der Waals surface area contributed by atoms with E-state index in [9.17, 15) is 27.3 Å². The number of aryl methyl sites for hydroxylation is 2. The molecule has 1 aliphatic heterocycles. The summed E-state index contributed by atoms with van der Waals surface area (Å²) in [5.74, 6) is 0.514. The molecule has 0 aliphatic carbocycles. The van der Waals surface area contributed by atoms with Gasteiger partial charge in [-0.05, 0) is 55.8 Å². The van der Waals surface area contributed by atoms with Gasteiger partial charge in [-0.3, -0.25) is 4.79 Å². The molecule has 228 valence electrons. The van der Waals surface area contributed by atoms with E-state index >= 15 is 0 Å². The van der Waals surface area contributed by atoms with Crippen molar-refractivity contribution in [1.29, 1.82) is 5.26 Å². The molecule has 3 atom stereocenters. The fraction of sp³-hybridized carbons (Fsp3) is 0.400. The summed E-state index contributed by atoms with van der Waals surface area (Å²) in [6, 6.07) is 15.5. The second-order valence-corrected chi connectivity index (χ2v) is 12.5. The highest BCUT2D eigenvalue weighted by molar-refractivity contribution is 7.91. The van der Waals surface area contributed by atoms with E-state index in [0.29, 0.717) is 41.5 Å². The Bertz CT molecular complexity index is 1540. The van der Waals surface area contributed by atoms with E-state index < -0.39 is 34.4 Å². The molecule has 2 heterocycles. The molecule has 13 heteroatoms. The summed E-state index contributed by atoms with van der Waals surface area (Å²) in [6.45, 7) is 2.42. The molecule has 1 aromatic heterocycles. The highest BCUT2D eigenvalue weighted by Crippen LogP contribution is 2.29. The van der Waals surface area contributed by atoms with Crippen molar-refractivity contribution in [3.8, 4) is 11.9 Å².